The highest BCUT2D eigenvalue weighted by Crippen LogP contribution is 2.44. The summed E-state index contributed by atoms with van der Waals surface area (Å²) >= 11 is 0. The van der Waals surface area contributed by atoms with Crippen LogP contribution in [-0.4, -0.2) is 12.6 Å². The molecule has 4 aromatic carbocycles. The van der Waals surface area contributed by atoms with Crippen molar-refractivity contribution >= 4 is 23.0 Å². The van der Waals surface area contributed by atoms with Crippen LogP contribution in [0.15, 0.2) is 97.1 Å². The van der Waals surface area contributed by atoms with Crippen molar-refractivity contribution in [3.8, 4) is 11.1 Å². The SMILES string of the molecule is C=C(C)C(=O)OCCc1ccc(N2c3ccc(c(CC(CC)CCCC)c3)-c3ccccc3CC(CCCC)Cc3cc(C(F)(F)F)ccc32)cc1. The molecule has 3 nitrogen and oxygen atoms in total. The topological polar surface area (TPSA) is 29.5 Å². The summed E-state index contributed by atoms with van der Waals surface area (Å²) < 4.78 is 48.3. The van der Waals surface area contributed by atoms with Gasteiger partial charge in [0.2, 0.25) is 0 Å². The number of ether oxygens (including phenoxy) is 1. The maximum absolute atomic E-state index is 14.3. The average molecular weight is 710 g/mol. The van der Waals surface area contributed by atoms with Gasteiger partial charge in [-0.05, 0) is 120 Å². The van der Waals surface area contributed by atoms with Gasteiger partial charge in [0.1, 0.15) is 0 Å². The lowest BCUT2D eigenvalue weighted by molar-refractivity contribution is -0.139. The lowest BCUT2D eigenvalue weighted by Gasteiger charge is -2.32. The third-order valence-corrected chi connectivity index (χ3v) is 10.5. The molecule has 2 bridgehead atoms. The predicted molar refractivity (Wildman–Crippen MR) is 208 cm³/mol. The molecule has 6 rings (SSSR count). The maximum atomic E-state index is 14.3. The molecule has 0 aliphatic carbocycles. The Morgan fingerprint density at radius 2 is 1.58 bits per heavy atom. The van der Waals surface area contributed by atoms with E-state index in [0.29, 0.717) is 29.9 Å². The number of hydrogen-bond donors (Lipinski definition) is 0. The third kappa shape index (κ3) is 9.76. The van der Waals surface area contributed by atoms with E-state index < -0.39 is 17.7 Å². The van der Waals surface area contributed by atoms with Gasteiger partial charge in [-0.1, -0.05) is 108 Å². The van der Waals surface area contributed by atoms with Crippen LogP contribution in [0.25, 0.3) is 11.1 Å². The van der Waals surface area contributed by atoms with Crippen molar-refractivity contribution in [1.82, 2.24) is 0 Å². The van der Waals surface area contributed by atoms with Crippen LogP contribution >= 0.6 is 0 Å². The van der Waals surface area contributed by atoms with Gasteiger partial charge in [0.05, 0.1) is 12.2 Å². The quantitative estimate of drug-likeness (QED) is 0.0964. The first kappa shape index (κ1) is 38.9. The second-order valence-electron chi connectivity index (χ2n) is 14.5. The molecule has 2 aliphatic heterocycles. The highest BCUT2D eigenvalue weighted by atomic mass is 19.4. The van der Waals surface area contributed by atoms with Crippen LogP contribution in [0.1, 0.15) is 100 Å². The van der Waals surface area contributed by atoms with E-state index in [-0.39, 0.29) is 12.5 Å². The van der Waals surface area contributed by atoms with Gasteiger partial charge in [-0.2, -0.15) is 13.2 Å². The van der Waals surface area contributed by atoms with E-state index in [9.17, 15) is 18.0 Å². The van der Waals surface area contributed by atoms with Crippen molar-refractivity contribution in [3.05, 3.63) is 125 Å². The van der Waals surface area contributed by atoms with Gasteiger partial charge < -0.3 is 9.64 Å². The van der Waals surface area contributed by atoms with Crippen molar-refractivity contribution in [2.45, 2.75) is 105 Å². The molecular formula is C46H54F3NO2. The van der Waals surface area contributed by atoms with Crippen molar-refractivity contribution in [2.24, 2.45) is 11.8 Å². The molecule has 4 aromatic rings. The van der Waals surface area contributed by atoms with Crippen LogP contribution in [0.5, 0.6) is 0 Å². The molecule has 0 spiro atoms. The normalized spacial score (nSPS) is 14.9. The van der Waals surface area contributed by atoms with E-state index in [0.717, 1.165) is 74.0 Å². The number of esters is 1. The number of unbranched alkanes of at least 4 members (excludes halogenated alkanes) is 2. The van der Waals surface area contributed by atoms with Crippen LogP contribution in [-0.2, 0) is 41.4 Å². The number of nitrogens with zero attached hydrogens (tertiary/aromatic N) is 1. The molecular weight excluding hydrogens is 656 g/mol. The van der Waals surface area contributed by atoms with Crippen molar-refractivity contribution in [2.75, 3.05) is 11.5 Å². The molecule has 2 aliphatic rings. The van der Waals surface area contributed by atoms with E-state index in [1.165, 1.54) is 40.8 Å². The number of halogens is 3. The summed E-state index contributed by atoms with van der Waals surface area (Å²) in [5.41, 5.74) is 8.99. The van der Waals surface area contributed by atoms with Gasteiger partial charge in [-0.3, -0.25) is 0 Å². The fourth-order valence-electron chi connectivity index (χ4n) is 7.52. The summed E-state index contributed by atoms with van der Waals surface area (Å²) in [4.78, 5) is 14.1. The Balaban J connectivity index is 1.70. The van der Waals surface area contributed by atoms with Crippen LogP contribution in [0.3, 0.4) is 0 Å². The molecule has 2 heterocycles. The van der Waals surface area contributed by atoms with Gasteiger partial charge >= 0.3 is 12.1 Å². The highest BCUT2D eigenvalue weighted by molar-refractivity contribution is 5.87. The van der Waals surface area contributed by atoms with Crippen LogP contribution in [0.2, 0.25) is 0 Å². The number of hydrogen-bond acceptors (Lipinski definition) is 3. The Morgan fingerprint density at radius 3 is 2.27 bits per heavy atom. The second kappa shape index (κ2) is 17.9. The fraction of sp³-hybridized carbons (Fsp3) is 0.413. The number of anilines is 3. The molecule has 0 fully saturated rings. The van der Waals surface area contributed by atoms with E-state index >= 15 is 0 Å². The molecule has 6 heteroatoms. The van der Waals surface area contributed by atoms with Gasteiger partial charge in [0.15, 0.2) is 0 Å². The van der Waals surface area contributed by atoms with E-state index in [1.807, 2.05) is 24.3 Å². The number of fused-ring (bicyclic) bond motifs is 4. The Labute approximate surface area is 308 Å². The first-order valence-corrected chi connectivity index (χ1v) is 19.1. The molecule has 2 atom stereocenters. The number of benzene rings is 4. The zero-order chi connectivity index (χ0) is 37.3. The molecule has 0 saturated carbocycles. The lowest BCUT2D eigenvalue weighted by atomic mass is 9.82. The van der Waals surface area contributed by atoms with Crippen LogP contribution in [0, 0.1) is 11.8 Å². The molecule has 276 valence electrons. The van der Waals surface area contributed by atoms with Gasteiger partial charge in [0, 0.05) is 29.1 Å². The van der Waals surface area contributed by atoms with E-state index in [1.54, 1.807) is 13.0 Å². The third-order valence-electron chi connectivity index (χ3n) is 10.5. The monoisotopic (exact) mass is 709 g/mol. The first-order valence-electron chi connectivity index (χ1n) is 19.1. The molecule has 0 radical (unpaired) electrons. The van der Waals surface area contributed by atoms with Crippen molar-refractivity contribution in [1.29, 1.82) is 0 Å². The standard InChI is InChI=1S/C46H54F3NO2/c1-6-9-13-33(8-3)27-37-31-41-22-23-43(37)42-16-12-11-15-36(42)28-35(14-10-7-2)29-38-30-39(46(47,48)49)19-24-44(38)50(41)40-20-17-34(18-21-40)25-26-52-45(51)32(4)5/h11-12,15-24,30-31,33,35H,4,6-10,13-14,25-29H2,1-3,5H3. The molecule has 0 saturated heterocycles. The zero-order valence-electron chi connectivity index (χ0n) is 31.3. The van der Waals surface area contributed by atoms with Crippen molar-refractivity contribution in [3.63, 3.8) is 0 Å². The first-order chi connectivity index (χ1) is 25.0. The summed E-state index contributed by atoms with van der Waals surface area (Å²) in [6, 6.07) is 27.6. The van der Waals surface area contributed by atoms with Gasteiger partial charge in [-0.15, -0.1) is 0 Å². The minimum Gasteiger partial charge on any atom is -0.462 e. The molecule has 2 unspecified atom stereocenters. The van der Waals surface area contributed by atoms with Gasteiger partial charge in [0.25, 0.3) is 0 Å². The number of rotatable bonds is 14. The summed E-state index contributed by atoms with van der Waals surface area (Å²) in [5, 5.41) is 0. The molecule has 0 N–H and O–H groups in total. The minimum atomic E-state index is -4.45. The summed E-state index contributed by atoms with van der Waals surface area (Å²) in [6.45, 7) is 12.2. The number of carbonyl (C=O) groups excluding carboxylic acids is 1. The summed E-state index contributed by atoms with van der Waals surface area (Å²) in [5.74, 6) is 0.284. The Bertz CT molecular complexity index is 1810. The van der Waals surface area contributed by atoms with E-state index in [4.69, 9.17) is 4.74 Å². The Kier molecular flexibility index (Phi) is 13.4. The second-order valence-corrected chi connectivity index (χ2v) is 14.5. The maximum Gasteiger partial charge on any atom is 0.416 e. The highest BCUT2D eigenvalue weighted by Gasteiger charge is 2.32. The summed E-state index contributed by atoms with van der Waals surface area (Å²) in [6.07, 6.45) is 5.91. The minimum absolute atomic E-state index is 0.169. The number of alkyl halides is 3. The Morgan fingerprint density at radius 1 is 0.865 bits per heavy atom. The van der Waals surface area contributed by atoms with Gasteiger partial charge in [-0.25, -0.2) is 4.79 Å². The smallest absolute Gasteiger partial charge is 0.416 e. The largest absolute Gasteiger partial charge is 0.462 e. The van der Waals surface area contributed by atoms with E-state index in [2.05, 4.69) is 74.7 Å². The predicted octanol–water partition coefficient (Wildman–Crippen LogP) is 13.2. The molecule has 52 heavy (non-hydrogen) atoms. The average Bonchev–Trinajstić information content (AvgIpc) is 3.13. The van der Waals surface area contributed by atoms with Crippen molar-refractivity contribution < 1.29 is 22.7 Å². The molecule has 0 aromatic heterocycles. The van der Waals surface area contributed by atoms with Crippen LogP contribution < -0.4 is 4.90 Å². The zero-order valence-corrected chi connectivity index (χ0v) is 31.3. The lowest BCUT2D eigenvalue weighted by Crippen LogP contribution is -2.18. The summed E-state index contributed by atoms with van der Waals surface area (Å²) in [7, 11) is 0. The Hall–Kier alpha value is -4.32. The molecule has 0 amide bonds. The fourth-order valence-corrected chi connectivity index (χ4v) is 7.52. The number of carbonyl (C=O) groups is 1. The van der Waals surface area contributed by atoms with Crippen LogP contribution in [0.4, 0.5) is 30.2 Å².